The van der Waals surface area contributed by atoms with Crippen LogP contribution in [0.3, 0.4) is 0 Å². The summed E-state index contributed by atoms with van der Waals surface area (Å²) in [5, 5.41) is 6.20. The van der Waals surface area contributed by atoms with Crippen LogP contribution in [0, 0.1) is 0 Å². The van der Waals surface area contributed by atoms with Gasteiger partial charge in [-0.3, -0.25) is 9.78 Å². The molecule has 1 aliphatic heterocycles. The van der Waals surface area contributed by atoms with Crippen molar-refractivity contribution in [3.63, 3.8) is 0 Å². The van der Waals surface area contributed by atoms with E-state index in [-0.39, 0.29) is 18.4 Å². The third-order valence-electron chi connectivity index (χ3n) is 4.80. The summed E-state index contributed by atoms with van der Waals surface area (Å²) in [6.45, 7) is 2.76. The van der Waals surface area contributed by atoms with Gasteiger partial charge in [0.15, 0.2) is 0 Å². The monoisotopic (exact) mass is 445 g/mol. The second-order valence-electron chi connectivity index (χ2n) is 6.78. The Labute approximate surface area is 173 Å². The number of nitrogens with one attached hydrogen (secondary N) is 2. The minimum absolute atomic E-state index is 0.0792. The molecule has 2 atom stereocenters. The highest BCUT2D eigenvalue weighted by atomic mass is 79.9. The minimum Gasteiger partial charge on any atom is -0.464 e. The Hall–Kier alpha value is -2.41. The predicted octanol–water partition coefficient (Wildman–Crippen LogP) is 3.42. The number of anilines is 1. The van der Waals surface area contributed by atoms with Crippen molar-refractivity contribution in [1.82, 2.24) is 10.3 Å². The molecule has 148 valence electrons. The van der Waals surface area contributed by atoms with E-state index >= 15 is 0 Å². The first-order valence-electron chi connectivity index (χ1n) is 9.45. The summed E-state index contributed by atoms with van der Waals surface area (Å²) in [5.74, 6) is -0.458. The molecule has 0 bridgehead atoms. The number of pyridine rings is 1. The maximum absolute atomic E-state index is 12.7. The average molecular weight is 446 g/mol. The van der Waals surface area contributed by atoms with Crippen LogP contribution in [-0.2, 0) is 20.7 Å². The maximum atomic E-state index is 12.7. The summed E-state index contributed by atoms with van der Waals surface area (Å²) in [7, 11) is 0. The van der Waals surface area contributed by atoms with E-state index in [9.17, 15) is 9.59 Å². The van der Waals surface area contributed by atoms with Crippen molar-refractivity contribution in [3.8, 4) is 0 Å². The number of esters is 1. The zero-order valence-corrected chi connectivity index (χ0v) is 17.4. The van der Waals surface area contributed by atoms with Crippen LogP contribution in [0.25, 0.3) is 0 Å². The number of ether oxygens (including phenoxy) is 1. The van der Waals surface area contributed by atoms with Crippen molar-refractivity contribution >= 4 is 33.5 Å². The smallest absolute Gasteiger partial charge is 0.328 e. The highest BCUT2D eigenvalue weighted by molar-refractivity contribution is 9.10. The first-order chi connectivity index (χ1) is 13.6. The summed E-state index contributed by atoms with van der Waals surface area (Å²) < 4.78 is 6.14. The molecule has 0 fully saturated rings. The molecule has 2 N–H and O–H groups in total. The number of hydrogen-bond acceptors (Lipinski definition) is 5. The molecule has 0 aliphatic carbocycles. The standard InChI is InChI=1S/C21H24BrN3O3/c1-2-28-21(27)19(5-3-14-7-9-23-10-8-14)25-20(26)11-15-13-24-18-6-4-16(22)12-17(15)18/h4,6-10,12,15,19,24H,2-3,5,11,13H2,1H3,(H,25,26). The molecule has 0 spiro atoms. The number of aromatic nitrogens is 1. The van der Waals surface area contributed by atoms with Gasteiger partial charge in [0.1, 0.15) is 6.04 Å². The largest absolute Gasteiger partial charge is 0.464 e. The zero-order chi connectivity index (χ0) is 19.9. The second kappa shape index (κ2) is 9.68. The number of halogens is 1. The number of nitrogens with zero attached hydrogens (tertiary/aromatic N) is 1. The fourth-order valence-electron chi connectivity index (χ4n) is 3.39. The molecule has 3 rings (SSSR count). The van der Waals surface area contributed by atoms with Crippen LogP contribution in [0.15, 0.2) is 47.2 Å². The number of carbonyl (C=O) groups excluding carboxylic acids is 2. The van der Waals surface area contributed by atoms with Gasteiger partial charge in [0.2, 0.25) is 5.91 Å². The SMILES string of the molecule is CCOC(=O)C(CCc1ccncc1)NC(=O)CC1CNc2ccc(Br)cc21. The van der Waals surface area contributed by atoms with Crippen molar-refractivity contribution in [2.24, 2.45) is 0 Å². The topological polar surface area (TPSA) is 80.3 Å². The molecule has 2 heterocycles. The van der Waals surface area contributed by atoms with Gasteiger partial charge in [-0.25, -0.2) is 4.79 Å². The van der Waals surface area contributed by atoms with Gasteiger partial charge >= 0.3 is 5.97 Å². The molecule has 7 heteroatoms. The summed E-state index contributed by atoms with van der Waals surface area (Å²) in [6.07, 6.45) is 4.90. The van der Waals surface area contributed by atoms with E-state index in [2.05, 4.69) is 31.5 Å². The molecule has 1 amide bonds. The molecule has 0 saturated carbocycles. The van der Waals surface area contributed by atoms with E-state index in [0.717, 1.165) is 21.3 Å². The molecule has 6 nitrogen and oxygen atoms in total. The molecule has 0 saturated heterocycles. The molecular weight excluding hydrogens is 422 g/mol. The lowest BCUT2D eigenvalue weighted by atomic mass is 9.97. The number of rotatable bonds is 8. The molecule has 28 heavy (non-hydrogen) atoms. The first-order valence-corrected chi connectivity index (χ1v) is 10.2. The van der Waals surface area contributed by atoms with E-state index in [1.165, 1.54) is 0 Å². The van der Waals surface area contributed by atoms with Gasteiger partial charge in [0, 0.05) is 41.4 Å². The number of benzene rings is 1. The van der Waals surface area contributed by atoms with Crippen LogP contribution >= 0.6 is 15.9 Å². The molecule has 0 radical (unpaired) electrons. The van der Waals surface area contributed by atoms with Gasteiger partial charge in [-0.15, -0.1) is 0 Å². The van der Waals surface area contributed by atoms with E-state index < -0.39 is 12.0 Å². The molecule has 2 unspecified atom stereocenters. The predicted molar refractivity (Wildman–Crippen MR) is 111 cm³/mol. The van der Waals surface area contributed by atoms with Crippen molar-refractivity contribution in [3.05, 3.63) is 58.3 Å². The normalized spacial score (nSPS) is 16.0. The fraction of sp³-hybridized carbons (Fsp3) is 0.381. The van der Waals surface area contributed by atoms with E-state index in [1.54, 1.807) is 19.3 Å². The number of amides is 1. The van der Waals surface area contributed by atoms with Gasteiger partial charge in [0.25, 0.3) is 0 Å². The third kappa shape index (κ3) is 5.32. The summed E-state index contributed by atoms with van der Waals surface area (Å²) >= 11 is 3.48. The van der Waals surface area contributed by atoms with E-state index in [1.807, 2.05) is 30.3 Å². The number of fused-ring (bicyclic) bond motifs is 1. The van der Waals surface area contributed by atoms with Crippen molar-refractivity contribution < 1.29 is 14.3 Å². The molecular formula is C21H24BrN3O3. The van der Waals surface area contributed by atoms with E-state index in [0.29, 0.717) is 25.8 Å². The van der Waals surface area contributed by atoms with Crippen LogP contribution in [0.5, 0.6) is 0 Å². The van der Waals surface area contributed by atoms with Gasteiger partial charge in [0.05, 0.1) is 6.61 Å². The first kappa shape index (κ1) is 20.3. The summed E-state index contributed by atoms with van der Waals surface area (Å²) in [6, 6.07) is 9.18. The lowest BCUT2D eigenvalue weighted by Gasteiger charge is -2.19. The Balaban J connectivity index is 1.61. The average Bonchev–Trinajstić information content (AvgIpc) is 3.08. The molecule has 1 aromatic carbocycles. The van der Waals surface area contributed by atoms with Gasteiger partial charge in [-0.05, 0) is 61.2 Å². The van der Waals surface area contributed by atoms with Gasteiger partial charge in [-0.1, -0.05) is 15.9 Å². The van der Waals surface area contributed by atoms with E-state index in [4.69, 9.17) is 4.74 Å². The molecule has 1 aliphatic rings. The third-order valence-corrected chi connectivity index (χ3v) is 5.29. The Morgan fingerprint density at radius 2 is 2.11 bits per heavy atom. The van der Waals surface area contributed by atoms with Crippen molar-refractivity contribution in [2.75, 3.05) is 18.5 Å². The minimum atomic E-state index is -0.656. The molecule has 1 aromatic heterocycles. The van der Waals surface area contributed by atoms with Gasteiger partial charge < -0.3 is 15.4 Å². The van der Waals surface area contributed by atoms with Crippen LogP contribution in [0.2, 0.25) is 0 Å². The highest BCUT2D eigenvalue weighted by Gasteiger charge is 2.27. The summed E-state index contributed by atoms with van der Waals surface area (Å²) in [5.41, 5.74) is 3.24. The highest BCUT2D eigenvalue weighted by Crippen LogP contribution is 2.35. The Bertz CT molecular complexity index is 829. The van der Waals surface area contributed by atoms with Crippen LogP contribution in [0.4, 0.5) is 5.69 Å². The van der Waals surface area contributed by atoms with Crippen LogP contribution in [0.1, 0.15) is 36.8 Å². The van der Waals surface area contributed by atoms with Crippen molar-refractivity contribution in [2.45, 2.75) is 38.1 Å². The Morgan fingerprint density at radius 1 is 1.32 bits per heavy atom. The lowest BCUT2D eigenvalue weighted by molar-refractivity contribution is -0.147. The number of carbonyl (C=O) groups is 2. The zero-order valence-electron chi connectivity index (χ0n) is 15.8. The lowest BCUT2D eigenvalue weighted by Crippen LogP contribution is -2.42. The number of hydrogen-bond donors (Lipinski definition) is 2. The Morgan fingerprint density at radius 3 is 2.86 bits per heavy atom. The molecule has 2 aromatic rings. The fourth-order valence-corrected chi connectivity index (χ4v) is 3.77. The Kier molecular flexibility index (Phi) is 7.03. The number of aryl methyl sites for hydroxylation is 1. The quantitative estimate of drug-likeness (QED) is 0.608. The van der Waals surface area contributed by atoms with Crippen molar-refractivity contribution in [1.29, 1.82) is 0 Å². The van der Waals surface area contributed by atoms with Gasteiger partial charge in [-0.2, -0.15) is 0 Å². The van der Waals surface area contributed by atoms with Crippen LogP contribution < -0.4 is 10.6 Å². The second-order valence-corrected chi connectivity index (χ2v) is 7.70. The van der Waals surface area contributed by atoms with Crippen LogP contribution in [-0.4, -0.2) is 36.1 Å². The maximum Gasteiger partial charge on any atom is 0.328 e. The summed E-state index contributed by atoms with van der Waals surface area (Å²) in [4.78, 5) is 29.0.